The van der Waals surface area contributed by atoms with E-state index >= 15 is 0 Å². The summed E-state index contributed by atoms with van der Waals surface area (Å²) in [7, 11) is 0. The molecule has 0 saturated heterocycles. The summed E-state index contributed by atoms with van der Waals surface area (Å²) in [4.78, 5) is 12.3. The van der Waals surface area contributed by atoms with E-state index in [0.717, 1.165) is 11.4 Å². The number of aryl methyl sites for hydroxylation is 1. The van der Waals surface area contributed by atoms with E-state index in [1.165, 1.54) is 12.8 Å². The molecule has 3 rings (SSSR count). The molecule has 1 aliphatic carbocycles. The van der Waals surface area contributed by atoms with Gasteiger partial charge in [0, 0.05) is 18.3 Å². The summed E-state index contributed by atoms with van der Waals surface area (Å²) < 4.78 is 3.85. The molecule has 0 bridgehead atoms. The van der Waals surface area contributed by atoms with Crippen LogP contribution in [0.3, 0.4) is 0 Å². The number of aromatic nitrogens is 4. The maximum Gasteiger partial charge on any atom is 0.239 e. The Labute approximate surface area is 148 Å². The zero-order valence-electron chi connectivity index (χ0n) is 15.4. The molecule has 0 aromatic carbocycles. The molecule has 3 atom stereocenters. The number of carbonyl (C=O) groups excluding carboxylic acids is 1. The van der Waals surface area contributed by atoms with Crippen LogP contribution in [0.15, 0.2) is 24.7 Å². The van der Waals surface area contributed by atoms with Gasteiger partial charge in [0.25, 0.3) is 0 Å². The Morgan fingerprint density at radius 3 is 2.72 bits per heavy atom. The van der Waals surface area contributed by atoms with Gasteiger partial charge in [0.05, 0.1) is 31.0 Å². The van der Waals surface area contributed by atoms with Crippen molar-refractivity contribution in [1.29, 1.82) is 0 Å². The average Bonchev–Trinajstić information content (AvgIpc) is 3.20. The van der Waals surface area contributed by atoms with Gasteiger partial charge in [-0.3, -0.25) is 9.48 Å². The molecular formula is C18H28N6O. The molecule has 2 heterocycles. The monoisotopic (exact) mass is 344 g/mol. The van der Waals surface area contributed by atoms with E-state index in [1.807, 2.05) is 34.7 Å². The third kappa shape index (κ3) is 4.28. The molecule has 7 heteroatoms. The van der Waals surface area contributed by atoms with Crippen LogP contribution in [0, 0.1) is 12.8 Å². The van der Waals surface area contributed by atoms with Crippen molar-refractivity contribution < 1.29 is 4.79 Å². The van der Waals surface area contributed by atoms with Crippen LogP contribution in [0.25, 0.3) is 0 Å². The molecule has 2 aromatic heterocycles. The topological polar surface area (TPSA) is 76.8 Å². The highest BCUT2D eigenvalue weighted by molar-refractivity contribution is 5.91. The van der Waals surface area contributed by atoms with Gasteiger partial charge >= 0.3 is 0 Å². The number of hydrogen-bond acceptors (Lipinski definition) is 4. The maximum absolute atomic E-state index is 12.3. The maximum atomic E-state index is 12.3. The smallest absolute Gasteiger partial charge is 0.239 e. The average molecular weight is 344 g/mol. The number of anilines is 1. The van der Waals surface area contributed by atoms with E-state index in [4.69, 9.17) is 0 Å². The fourth-order valence-corrected chi connectivity index (χ4v) is 3.01. The zero-order valence-corrected chi connectivity index (χ0v) is 15.4. The molecular weight excluding hydrogens is 316 g/mol. The van der Waals surface area contributed by atoms with Gasteiger partial charge in [0.2, 0.25) is 5.91 Å². The lowest BCUT2D eigenvalue weighted by atomic mass is 10.2. The van der Waals surface area contributed by atoms with Crippen LogP contribution in [0.2, 0.25) is 0 Å². The quantitative estimate of drug-likeness (QED) is 0.771. The highest BCUT2D eigenvalue weighted by Crippen LogP contribution is 2.40. The highest BCUT2D eigenvalue weighted by atomic mass is 16.2. The van der Waals surface area contributed by atoms with Crippen molar-refractivity contribution in [2.75, 3.05) is 11.9 Å². The molecule has 0 radical (unpaired) electrons. The molecule has 2 aromatic rings. The summed E-state index contributed by atoms with van der Waals surface area (Å²) in [5.74, 6) is 1.40. The predicted octanol–water partition coefficient (Wildman–Crippen LogP) is 2.54. The van der Waals surface area contributed by atoms with Crippen molar-refractivity contribution in [2.24, 2.45) is 5.92 Å². The number of carbonyl (C=O) groups is 1. The number of amides is 1. The van der Waals surface area contributed by atoms with Gasteiger partial charge in [0.15, 0.2) is 0 Å². The second-order valence-corrected chi connectivity index (χ2v) is 7.20. The molecule has 1 saturated carbocycles. The van der Waals surface area contributed by atoms with E-state index in [9.17, 15) is 4.79 Å². The lowest BCUT2D eigenvalue weighted by Gasteiger charge is -2.22. The SMILES string of the molecule is Cc1cnn([C@H](C)[C@@H](C)NCC(=O)Nc2ccnn2[C@@H](C)C2CC2)c1. The van der Waals surface area contributed by atoms with Crippen LogP contribution in [0.5, 0.6) is 0 Å². The lowest BCUT2D eigenvalue weighted by molar-refractivity contribution is -0.115. The van der Waals surface area contributed by atoms with Gasteiger partial charge in [-0.1, -0.05) is 0 Å². The summed E-state index contributed by atoms with van der Waals surface area (Å²) in [5, 5.41) is 15.0. The van der Waals surface area contributed by atoms with Crippen LogP contribution >= 0.6 is 0 Å². The van der Waals surface area contributed by atoms with Crippen LogP contribution in [0.1, 0.15) is 51.3 Å². The molecule has 0 spiro atoms. The van der Waals surface area contributed by atoms with Crippen LogP contribution in [-0.2, 0) is 4.79 Å². The standard InChI is InChI=1S/C18H28N6O/c1-12-9-21-23(11-12)14(3)13(2)19-10-18(25)22-17-7-8-20-24(17)15(4)16-5-6-16/h7-9,11,13-16,19H,5-6,10H2,1-4H3,(H,22,25)/t13-,14-,15+/m1/s1. The summed E-state index contributed by atoms with van der Waals surface area (Å²) >= 11 is 0. The molecule has 25 heavy (non-hydrogen) atoms. The third-order valence-corrected chi connectivity index (χ3v) is 5.08. The highest BCUT2D eigenvalue weighted by Gasteiger charge is 2.30. The van der Waals surface area contributed by atoms with Crippen LogP contribution in [0.4, 0.5) is 5.82 Å². The van der Waals surface area contributed by atoms with Crippen molar-refractivity contribution in [3.8, 4) is 0 Å². The van der Waals surface area contributed by atoms with Gasteiger partial charge in [-0.2, -0.15) is 10.2 Å². The van der Waals surface area contributed by atoms with Gasteiger partial charge in [-0.05, 0) is 52.0 Å². The lowest BCUT2D eigenvalue weighted by Crippen LogP contribution is -2.39. The summed E-state index contributed by atoms with van der Waals surface area (Å²) in [5.41, 5.74) is 1.13. The molecule has 1 aliphatic rings. The zero-order chi connectivity index (χ0) is 18.0. The van der Waals surface area contributed by atoms with Gasteiger partial charge < -0.3 is 10.6 Å². The molecule has 0 unspecified atom stereocenters. The van der Waals surface area contributed by atoms with Gasteiger partial charge in [-0.15, -0.1) is 0 Å². The number of nitrogens with zero attached hydrogens (tertiary/aromatic N) is 4. The first-order valence-electron chi connectivity index (χ1n) is 9.03. The molecule has 7 nitrogen and oxygen atoms in total. The minimum atomic E-state index is -0.0551. The van der Waals surface area contributed by atoms with E-state index in [1.54, 1.807) is 6.20 Å². The van der Waals surface area contributed by atoms with Crippen molar-refractivity contribution >= 4 is 11.7 Å². The van der Waals surface area contributed by atoms with Crippen molar-refractivity contribution in [3.63, 3.8) is 0 Å². The second-order valence-electron chi connectivity index (χ2n) is 7.20. The Bertz CT molecular complexity index is 717. The largest absolute Gasteiger partial charge is 0.310 e. The first-order chi connectivity index (χ1) is 12.0. The van der Waals surface area contributed by atoms with Gasteiger partial charge in [-0.25, -0.2) is 4.68 Å². The molecule has 1 amide bonds. The third-order valence-electron chi connectivity index (χ3n) is 5.08. The Hall–Kier alpha value is -2.15. The first-order valence-corrected chi connectivity index (χ1v) is 9.03. The van der Waals surface area contributed by atoms with E-state index < -0.39 is 0 Å². The normalized spacial score (nSPS) is 17.9. The molecule has 0 aliphatic heterocycles. The predicted molar refractivity (Wildman–Crippen MR) is 97.4 cm³/mol. The van der Waals surface area contributed by atoms with E-state index in [0.29, 0.717) is 12.0 Å². The minimum Gasteiger partial charge on any atom is -0.310 e. The molecule has 1 fully saturated rings. The van der Waals surface area contributed by atoms with Crippen LogP contribution < -0.4 is 10.6 Å². The van der Waals surface area contributed by atoms with E-state index in [2.05, 4.69) is 41.6 Å². The number of nitrogens with one attached hydrogen (secondary N) is 2. The van der Waals surface area contributed by atoms with E-state index in [-0.39, 0.29) is 24.5 Å². The van der Waals surface area contributed by atoms with Crippen molar-refractivity contribution in [3.05, 3.63) is 30.2 Å². The summed E-state index contributed by atoms with van der Waals surface area (Å²) in [6.45, 7) is 8.60. The Morgan fingerprint density at radius 1 is 1.32 bits per heavy atom. The Balaban J connectivity index is 1.50. The Kier molecular flexibility index (Phi) is 5.22. The fraction of sp³-hybridized carbons (Fsp3) is 0.611. The van der Waals surface area contributed by atoms with Gasteiger partial charge in [0.1, 0.15) is 5.82 Å². The van der Waals surface area contributed by atoms with Crippen molar-refractivity contribution in [1.82, 2.24) is 24.9 Å². The Morgan fingerprint density at radius 2 is 2.08 bits per heavy atom. The van der Waals surface area contributed by atoms with Crippen molar-refractivity contribution in [2.45, 2.75) is 58.7 Å². The number of hydrogen-bond donors (Lipinski definition) is 2. The fourth-order valence-electron chi connectivity index (χ4n) is 3.01. The summed E-state index contributed by atoms with van der Waals surface area (Å²) in [6, 6.07) is 2.48. The molecule has 136 valence electrons. The minimum absolute atomic E-state index is 0.0551. The second kappa shape index (κ2) is 7.39. The molecule has 2 N–H and O–H groups in total. The first kappa shape index (κ1) is 17.7. The summed E-state index contributed by atoms with van der Waals surface area (Å²) in [6.07, 6.45) is 8.10. The van der Waals surface area contributed by atoms with Crippen LogP contribution in [-0.4, -0.2) is 38.1 Å². The number of rotatable bonds is 8.